The zero-order chi connectivity index (χ0) is 57.8. The van der Waals surface area contributed by atoms with Crippen molar-refractivity contribution in [1.82, 2.24) is 0 Å². The summed E-state index contributed by atoms with van der Waals surface area (Å²) in [6.45, 7) is 6.42. The largest absolute Gasteiger partial charge is 0.462 e. The van der Waals surface area contributed by atoms with Gasteiger partial charge in [0.05, 0.1) is 0 Å². The fourth-order valence-electron chi connectivity index (χ4n) is 8.95. The maximum atomic E-state index is 12.9. The third kappa shape index (κ3) is 64.4. The number of carbonyl (C=O) groups is 3. The zero-order valence-electron chi connectivity index (χ0n) is 52.0. The summed E-state index contributed by atoms with van der Waals surface area (Å²) in [7, 11) is 0. The minimum absolute atomic E-state index is 0.0980. The van der Waals surface area contributed by atoms with E-state index in [2.05, 4.69) is 154 Å². The molecule has 1 atom stereocenters. The zero-order valence-corrected chi connectivity index (χ0v) is 52.0. The van der Waals surface area contributed by atoms with E-state index in [9.17, 15) is 14.4 Å². The standard InChI is InChI=1S/C74H122O6/c1-4-7-10-13-16-18-20-22-24-26-28-30-32-34-36-37-39-40-42-44-46-48-50-52-54-56-58-61-64-67-73(76)79-70-71(69-78-72(75)66-63-60-15-12-9-6-3)80-74(77)68-65-62-59-57-55-53-51-49-47-45-43-41-38-35-33-31-29-27-25-23-21-19-17-14-11-8-5-2/h7,10,16,18,21-24,27-30,34,36,39-40,44,46,50,52,56,58,71H,4-6,8-9,11-15,17,19-20,25-26,31-33,35,37-38,41-43,45,47-49,51,53-55,57,59-70H2,1-3H3/b10-7-,18-16-,23-21-,24-22-,29-27-,30-28-,36-34-,40-39-,46-44-,52-50-,58-56-. The van der Waals surface area contributed by atoms with Gasteiger partial charge in [0, 0.05) is 19.3 Å². The molecule has 0 N–H and O–H groups in total. The summed E-state index contributed by atoms with van der Waals surface area (Å²) in [5.41, 5.74) is 0. The number of rotatable bonds is 59. The van der Waals surface area contributed by atoms with Gasteiger partial charge in [0.25, 0.3) is 0 Å². The van der Waals surface area contributed by atoms with Gasteiger partial charge in [-0.15, -0.1) is 0 Å². The molecular weight excluding hydrogens is 985 g/mol. The lowest BCUT2D eigenvalue weighted by atomic mass is 10.0. The summed E-state index contributed by atoms with van der Waals surface area (Å²) in [5.74, 6) is -0.968. The van der Waals surface area contributed by atoms with Crippen LogP contribution in [0.4, 0.5) is 0 Å². The van der Waals surface area contributed by atoms with E-state index < -0.39 is 6.10 Å². The van der Waals surface area contributed by atoms with Crippen LogP contribution in [0.5, 0.6) is 0 Å². The Bertz CT molecular complexity index is 1700. The molecule has 6 heteroatoms. The Labute approximate surface area is 494 Å². The Kier molecular flexibility index (Phi) is 63.3. The van der Waals surface area contributed by atoms with Gasteiger partial charge in [-0.3, -0.25) is 14.4 Å². The highest BCUT2D eigenvalue weighted by Gasteiger charge is 2.19. The van der Waals surface area contributed by atoms with Crippen LogP contribution in [0.3, 0.4) is 0 Å². The van der Waals surface area contributed by atoms with E-state index in [1.807, 2.05) is 0 Å². The van der Waals surface area contributed by atoms with Gasteiger partial charge < -0.3 is 14.2 Å². The van der Waals surface area contributed by atoms with Crippen molar-refractivity contribution >= 4 is 17.9 Å². The number of hydrogen-bond acceptors (Lipinski definition) is 6. The first-order valence-electron chi connectivity index (χ1n) is 33.2. The second-order valence-electron chi connectivity index (χ2n) is 21.6. The number of ether oxygens (including phenoxy) is 3. The molecule has 0 radical (unpaired) electrons. The Morgan fingerprint density at radius 3 is 0.812 bits per heavy atom. The van der Waals surface area contributed by atoms with Crippen LogP contribution in [0.15, 0.2) is 134 Å². The summed E-state index contributed by atoms with van der Waals surface area (Å²) in [5, 5.41) is 0. The molecule has 0 heterocycles. The van der Waals surface area contributed by atoms with Gasteiger partial charge in [-0.1, -0.05) is 296 Å². The molecule has 1 unspecified atom stereocenters. The first kappa shape index (κ1) is 75.5. The fourth-order valence-corrected chi connectivity index (χ4v) is 8.95. The van der Waals surface area contributed by atoms with Crippen molar-refractivity contribution in [3.05, 3.63) is 134 Å². The number of hydrogen-bond donors (Lipinski definition) is 0. The Morgan fingerprint density at radius 2 is 0.500 bits per heavy atom. The van der Waals surface area contributed by atoms with Gasteiger partial charge in [-0.05, 0) is 116 Å². The molecule has 0 bridgehead atoms. The molecular formula is C74H122O6. The summed E-state index contributed by atoms with van der Waals surface area (Å²) in [6, 6.07) is 0. The van der Waals surface area contributed by atoms with Crippen LogP contribution in [0.2, 0.25) is 0 Å². The monoisotopic (exact) mass is 1110 g/mol. The van der Waals surface area contributed by atoms with Crippen molar-refractivity contribution in [3.63, 3.8) is 0 Å². The average molecular weight is 1110 g/mol. The van der Waals surface area contributed by atoms with Gasteiger partial charge in [-0.2, -0.15) is 0 Å². The lowest BCUT2D eigenvalue weighted by Crippen LogP contribution is -2.30. The Morgan fingerprint density at radius 1 is 0.263 bits per heavy atom. The molecule has 0 aliphatic rings. The highest BCUT2D eigenvalue weighted by atomic mass is 16.6. The quantitative estimate of drug-likeness (QED) is 0.0261. The molecule has 6 nitrogen and oxygen atoms in total. The minimum atomic E-state index is -0.803. The highest BCUT2D eigenvalue weighted by Crippen LogP contribution is 2.16. The lowest BCUT2D eigenvalue weighted by Gasteiger charge is -2.18. The van der Waals surface area contributed by atoms with Crippen LogP contribution in [0, 0.1) is 0 Å². The van der Waals surface area contributed by atoms with E-state index in [0.29, 0.717) is 19.3 Å². The van der Waals surface area contributed by atoms with Crippen LogP contribution < -0.4 is 0 Å². The first-order valence-corrected chi connectivity index (χ1v) is 33.2. The van der Waals surface area contributed by atoms with Crippen LogP contribution in [0.25, 0.3) is 0 Å². The summed E-state index contributed by atoms with van der Waals surface area (Å²) < 4.78 is 16.8. The molecule has 454 valence electrons. The molecule has 0 aromatic heterocycles. The molecule has 0 aromatic carbocycles. The van der Waals surface area contributed by atoms with Gasteiger partial charge in [0.1, 0.15) is 13.2 Å². The minimum Gasteiger partial charge on any atom is -0.462 e. The van der Waals surface area contributed by atoms with Gasteiger partial charge in [0.15, 0.2) is 6.10 Å². The molecule has 0 rings (SSSR count). The van der Waals surface area contributed by atoms with Crippen molar-refractivity contribution in [1.29, 1.82) is 0 Å². The highest BCUT2D eigenvalue weighted by molar-refractivity contribution is 5.71. The number of unbranched alkanes of at least 4 members (excludes halogenated alkanes) is 26. The van der Waals surface area contributed by atoms with Crippen molar-refractivity contribution in [2.45, 2.75) is 303 Å². The molecule has 0 spiro atoms. The molecule has 0 saturated heterocycles. The maximum absolute atomic E-state index is 12.9. The van der Waals surface area contributed by atoms with Gasteiger partial charge in [0.2, 0.25) is 0 Å². The van der Waals surface area contributed by atoms with Gasteiger partial charge in [-0.25, -0.2) is 0 Å². The molecule has 0 aliphatic heterocycles. The number of carbonyl (C=O) groups excluding carboxylic acids is 3. The molecule has 0 saturated carbocycles. The van der Waals surface area contributed by atoms with Crippen LogP contribution in [0.1, 0.15) is 297 Å². The van der Waals surface area contributed by atoms with Crippen molar-refractivity contribution in [3.8, 4) is 0 Å². The molecule has 0 aromatic rings. The number of allylic oxidation sites excluding steroid dienone is 22. The van der Waals surface area contributed by atoms with Crippen molar-refractivity contribution < 1.29 is 28.6 Å². The summed E-state index contributed by atoms with van der Waals surface area (Å²) in [6.07, 6.45) is 95.1. The van der Waals surface area contributed by atoms with E-state index in [1.165, 1.54) is 141 Å². The first-order chi connectivity index (χ1) is 39.5. The smallest absolute Gasteiger partial charge is 0.306 e. The van der Waals surface area contributed by atoms with E-state index in [1.54, 1.807) is 0 Å². The number of esters is 3. The average Bonchev–Trinajstić information content (AvgIpc) is 3.46. The van der Waals surface area contributed by atoms with E-state index in [4.69, 9.17) is 14.2 Å². The predicted octanol–water partition coefficient (Wildman–Crippen LogP) is 22.9. The summed E-state index contributed by atoms with van der Waals surface area (Å²) in [4.78, 5) is 38.0. The summed E-state index contributed by atoms with van der Waals surface area (Å²) >= 11 is 0. The van der Waals surface area contributed by atoms with Crippen LogP contribution >= 0.6 is 0 Å². The Balaban J connectivity index is 4.19. The molecule has 0 aliphatic carbocycles. The SMILES string of the molecule is CC/C=C\C/C=C\C/C=C\C/C=C\C/C=C\C/C=C\C/C=C\C/C=C\C/C=C\CCCC(=O)OCC(COC(=O)CCCCCCCC)OC(=O)CCCCCCCCCCCCCCCCC/C=C\C/C=C\CCCCCCC. The Hall–Kier alpha value is -4.45. The van der Waals surface area contributed by atoms with Crippen LogP contribution in [-0.4, -0.2) is 37.2 Å². The van der Waals surface area contributed by atoms with Crippen LogP contribution in [-0.2, 0) is 28.6 Å². The normalized spacial score (nSPS) is 13.0. The van der Waals surface area contributed by atoms with E-state index in [0.717, 1.165) is 109 Å². The van der Waals surface area contributed by atoms with Crippen molar-refractivity contribution in [2.75, 3.05) is 13.2 Å². The third-order valence-corrected chi connectivity index (χ3v) is 13.9. The molecule has 0 fully saturated rings. The van der Waals surface area contributed by atoms with E-state index >= 15 is 0 Å². The second-order valence-corrected chi connectivity index (χ2v) is 21.6. The molecule has 0 amide bonds. The second kappa shape index (κ2) is 67.1. The maximum Gasteiger partial charge on any atom is 0.306 e. The predicted molar refractivity (Wildman–Crippen MR) is 348 cm³/mol. The van der Waals surface area contributed by atoms with Gasteiger partial charge >= 0.3 is 17.9 Å². The molecule has 80 heavy (non-hydrogen) atoms. The third-order valence-electron chi connectivity index (χ3n) is 13.9. The topological polar surface area (TPSA) is 78.9 Å². The lowest BCUT2D eigenvalue weighted by molar-refractivity contribution is -0.167. The van der Waals surface area contributed by atoms with Crippen molar-refractivity contribution in [2.24, 2.45) is 0 Å². The van der Waals surface area contributed by atoms with E-state index in [-0.39, 0.29) is 37.5 Å². The fraction of sp³-hybridized carbons (Fsp3) is 0.662.